The molecule has 0 aliphatic carbocycles. The van der Waals surface area contributed by atoms with Crippen LogP contribution in [0.15, 0.2) is 21.8 Å². The van der Waals surface area contributed by atoms with Crippen LogP contribution in [-0.2, 0) is 6.54 Å². The van der Waals surface area contributed by atoms with Crippen molar-refractivity contribution in [3.05, 3.63) is 38.7 Å². The molecule has 0 radical (unpaired) electrons. The molecule has 0 saturated carbocycles. The molecule has 0 atom stereocenters. The van der Waals surface area contributed by atoms with Gasteiger partial charge in [0.05, 0.1) is 24.9 Å². The molecule has 0 saturated heterocycles. The van der Waals surface area contributed by atoms with Crippen molar-refractivity contribution < 1.29 is 4.74 Å². The monoisotopic (exact) mass is 237 g/mol. The predicted molar refractivity (Wildman–Crippen MR) is 61.0 cm³/mol. The molecule has 0 fully saturated rings. The van der Waals surface area contributed by atoms with E-state index in [9.17, 15) is 4.79 Å². The van der Waals surface area contributed by atoms with Crippen molar-refractivity contribution in [2.75, 3.05) is 7.11 Å². The molecule has 84 valence electrons. The third-order valence-corrected chi connectivity index (χ3v) is 2.72. The Hall–Kier alpha value is -1.69. The van der Waals surface area contributed by atoms with E-state index < -0.39 is 0 Å². The van der Waals surface area contributed by atoms with Crippen LogP contribution in [0, 0.1) is 6.92 Å². The molecule has 16 heavy (non-hydrogen) atoms. The molecular formula is C10H11N3O2S. The third-order valence-electron chi connectivity index (χ3n) is 2.09. The van der Waals surface area contributed by atoms with Crippen LogP contribution in [0.5, 0.6) is 6.01 Å². The minimum Gasteiger partial charge on any atom is -0.468 e. The number of methoxy groups -OCH3 is 1. The Morgan fingerprint density at radius 1 is 1.56 bits per heavy atom. The van der Waals surface area contributed by atoms with Crippen LogP contribution in [-0.4, -0.2) is 21.6 Å². The minimum absolute atomic E-state index is 0.127. The van der Waals surface area contributed by atoms with Gasteiger partial charge in [0.1, 0.15) is 0 Å². The van der Waals surface area contributed by atoms with E-state index in [1.165, 1.54) is 29.1 Å². The fraction of sp³-hybridized carbons (Fsp3) is 0.300. The average molecular weight is 237 g/mol. The molecule has 2 aromatic heterocycles. The summed E-state index contributed by atoms with van der Waals surface area (Å²) in [5.41, 5.74) is 3.08. The molecule has 2 rings (SSSR count). The maximum atomic E-state index is 11.8. The predicted octanol–water partition coefficient (Wildman–Crippen LogP) is 1.07. The van der Waals surface area contributed by atoms with Crippen LogP contribution in [0.25, 0.3) is 0 Å². The Balaban J connectivity index is 2.43. The van der Waals surface area contributed by atoms with Crippen LogP contribution in [0.4, 0.5) is 0 Å². The summed E-state index contributed by atoms with van der Waals surface area (Å²) in [4.78, 5) is 20.0. The van der Waals surface area contributed by atoms with Crippen LogP contribution >= 0.6 is 11.3 Å². The molecule has 2 heterocycles. The first-order valence-corrected chi connectivity index (χ1v) is 5.64. The lowest BCUT2D eigenvalue weighted by Crippen LogP contribution is -2.23. The highest BCUT2D eigenvalue weighted by Crippen LogP contribution is 2.08. The summed E-state index contributed by atoms with van der Waals surface area (Å²) in [6.45, 7) is 2.15. The summed E-state index contributed by atoms with van der Waals surface area (Å²) < 4.78 is 6.54. The number of aromatic nitrogens is 3. The Kier molecular flexibility index (Phi) is 3.00. The standard InChI is InChI=1S/C10H11N3O2S/c1-7-3-9(14)13(10(12-7)15-2)4-8-5-16-6-11-8/h3,5-6H,4H2,1-2H3. The SMILES string of the molecule is COc1nc(C)cc(=O)n1Cc1cscn1. The topological polar surface area (TPSA) is 57.0 Å². The Morgan fingerprint density at radius 2 is 2.38 bits per heavy atom. The summed E-state index contributed by atoms with van der Waals surface area (Å²) >= 11 is 1.49. The molecular weight excluding hydrogens is 226 g/mol. The first-order valence-electron chi connectivity index (χ1n) is 4.70. The fourth-order valence-electron chi connectivity index (χ4n) is 1.37. The molecule has 0 aromatic carbocycles. The Bertz CT molecular complexity index is 533. The number of thiazole rings is 1. The lowest BCUT2D eigenvalue weighted by atomic mass is 10.4. The highest BCUT2D eigenvalue weighted by atomic mass is 32.1. The number of ether oxygens (including phenoxy) is 1. The molecule has 0 amide bonds. The number of hydrogen-bond donors (Lipinski definition) is 0. The van der Waals surface area contributed by atoms with Crippen molar-refractivity contribution in [2.45, 2.75) is 13.5 Å². The first kappa shape index (κ1) is 10.8. The van der Waals surface area contributed by atoms with Crippen molar-refractivity contribution in [3.63, 3.8) is 0 Å². The maximum absolute atomic E-state index is 11.8. The van der Waals surface area contributed by atoms with Crippen molar-refractivity contribution in [3.8, 4) is 6.01 Å². The highest BCUT2D eigenvalue weighted by Gasteiger charge is 2.08. The van der Waals surface area contributed by atoms with Gasteiger partial charge in [0.15, 0.2) is 0 Å². The summed E-state index contributed by atoms with van der Waals surface area (Å²) in [5.74, 6) is 0. The first-order chi connectivity index (χ1) is 7.70. The van der Waals surface area contributed by atoms with Crippen LogP contribution in [0.3, 0.4) is 0 Å². The highest BCUT2D eigenvalue weighted by molar-refractivity contribution is 7.07. The molecule has 2 aromatic rings. The minimum atomic E-state index is -0.127. The second-order valence-electron chi connectivity index (χ2n) is 3.29. The van der Waals surface area contributed by atoms with E-state index in [-0.39, 0.29) is 5.56 Å². The smallest absolute Gasteiger partial charge is 0.299 e. The lowest BCUT2D eigenvalue weighted by molar-refractivity contribution is 0.349. The molecule has 0 bridgehead atoms. The average Bonchev–Trinajstić information content (AvgIpc) is 2.74. The van der Waals surface area contributed by atoms with Gasteiger partial charge < -0.3 is 4.74 Å². The summed E-state index contributed by atoms with van der Waals surface area (Å²) in [7, 11) is 1.50. The van der Waals surface area contributed by atoms with E-state index >= 15 is 0 Å². The summed E-state index contributed by atoms with van der Waals surface area (Å²) in [6.07, 6.45) is 0. The van der Waals surface area contributed by atoms with E-state index in [1.54, 1.807) is 12.4 Å². The summed E-state index contributed by atoms with van der Waals surface area (Å²) in [6, 6.07) is 1.80. The lowest BCUT2D eigenvalue weighted by Gasteiger charge is -2.09. The van der Waals surface area contributed by atoms with Crippen molar-refractivity contribution >= 4 is 11.3 Å². The van der Waals surface area contributed by atoms with Gasteiger partial charge in [-0.15, -0.1) is 11.3 Å². The van der Waals surface area contributed by atoms with Gasteiger partial charge in [-0.1, -0.05) is 0 Å². The molecule has 0 aliphatic rings. The molecule has 0 spiro atoms. The van der Waals surface area contributed by atoms with Crippen molar-refractivity contribution in [1.29, 1.82) is 0 Å². The van der Waals surface area contributed by atoms with Gasteiger partial charge in [-0.2, -0.15) is 0 Å². The van der Waals surface area contributed by atoms with Crippen molar-refractivity contribution in [1.82, 2.24) is 14.5 Å². The number of hydrogen-bond acceptors (Lipinski definition) is 5. The van der Waals surface area contributed by atoms with E-state index in [0.29, 0.717) is 18.2 Å². The number of nitrogens with zero attached hydrogens (tertiary/aromatic N) is 3. The Labute approximate surface area is 96.4 Å². The molecule has 0 N–H and O–H groups in total. The largest absolute Gasteiger partial charge is 0.468 e. The van der Waals surface area contributed by atoms with Gasteiger partial charge in [0.2, 0.25) is 0 Å². The normalized spacial score (nSPS) is 10.4. The molecule has 5 nitrogen and oxygen atoms in total. The van der Waals surface area contributed by atoms with Gasteiger partial charge in [0.25, 0.3) is 11.6 Å². The van der Waals surface area contributed by atoms with E-state index in [0.717, 1.165) is 5.69 Å². The fourth-order valence-corrected chi connectivity index (χ4v) is 1.92. The quantitative estimate of drug-likeness (QED) is 0.801. The zero-order chi connectivity index (χ0) is 11.5. The number of rotatable bonds is 3. The van der Waals surface area contributed by atoms with Gasteiger partial charge in [-0.3, -0.25) is 9.36 Å². The van der Waals surface area contributed by atoms with Gasteiger partial charge >= 0.3 is 0 Å². The van der Waals surface area contributed by atoms with E-state index in [2.05, 4.69) is 9.97 Å². The zero-order valence-corrected chi connectivity index (χ0v) is 9.82. The maximum Gasteiger partial charge on any atom is 0.299 e. The van der Waals surface area contributed by atoms with E-state index in [1.807, 2.05) is 5.38 Å². The number of aryl methyl sites for hydroxylation is 1. The second kappa shape index (κ2) is 4.44. The van der Waals surface area contributed by atoms with Crippen LogP contribution < -0.4 is 10.3 Å². The molecule has 0 unspecified atom stereocenters. The molecule has 6 heteroatoms. The van der Waals surface area contributed by atoms with Crippen LogP contribution in [0.2, 0.25) is 0 Å². The van der Waals surface area contributed by atoms with Gasteiger partial charge in [-0.05, 0) is 6.92 Å². The Morgan fingerprint density at radius 3 is 3.00 bits per heavy atom. The zero-order valence-electron chi connectivity index (χ0n) is 9.01. The molecule has 0 aliphatic heterocycles. The van der Waals surface area contributed by atoms with Crippen LogP contribution in [0.1, 0.15) is 11.4 Å². The van der Waals surface area contributed by atoms with E-state index in [4.69, 9.17) is 4.74 Å². The van der Waals surface area contributed by atoms with Gasteiger partial charge in [-0.25, -0.2) is 9.97 Å². The summed E-state index contributed by atoms with van der Waals surface area (Å²) in [5, 5.41) is 1.89. The third kappa shape index (κ3) is 2.11. The van der Waals surface area contributed by atoms with Crippen molar-refractivity contribution in [2.24, 2.45) is 0 Å². The van der Waals surface area contributed by atoms with Gasteiger partial charge in [0, 0.05) is 17.1 Å². The second-order valence-corrected chi connectivity index (χ2v) is 4.01.